The van der Waals surface area contributed by atoms with Crippen LogP contribution in [0.1, 0.15) is 55.8 Å². The Morgan fingerprint density at radius 1 is 1.25 bits per heavy atom. The van der Waals surface area contributed by atoms with E-state index in [1.807, 2.05) is 18.2 Å². The van der Waals surface area contributed by atoms with Gasteiger partial charge in [0.1, 0.15) is 5.75 Å². The van der Waals surface area contributed by atoms with Crippen LogP contribution < -0.4 is 10.1 Å². The van der Waals surface area contributed by atoms with Crippen LogP contribution in [0.2, 0.25) is 0 Å². The number of hydrogen-bond donors (Lipinski definition) is 2. The van der Waals surface area contributed by atoms with Gasteiger partial charge in [-0.15, -0.1) is 0 Å². The Morgan fingerprint density at radius 2 is 2.11 bits per heavy atom. The number of aromatic nitrogens is 2. The van der Waals surface area contributed by atoms with E-state index in [2.05, 4.69) is 39.4 Å². The number of methoxy groups -OCH3 is 1. The van der Waals surface area contributed by atoms with Gasteiger partial charge in [-0.05, 0) is 68.0 Å². The molecule has 5 heteroatoms. The van der Waals surface area contributed by atoms with E-state index >= 15 is 0 Å². The molecule has 3 aromatic rings. The molecule has 1 aliphatic carbocycles. The first-order valence-corrected chi connectivity index (χ1v) is 10.3. The average molecular weight is 380 g/mol. The van der Waals surface area contributed by atoms with E-state index < -0.39 is 0 Å². The maximum Gasteiger partial charge on any atom is 0.220 e. The first kappa shape index (κ1) is 18.7. The van der Waals surface area contributed by atoms with E-state index in [-0.39, 0.29) is 11.9 Å². The van der Waals surface area contributed by atoms with Gasteiger partial charge in [0.25, 0.3) is 0 Å². The van der Waals surface area contributed by atoms with Gasteiger partial charge in [0.05, 0.1) is 13.2 Å². The fourth-order valence-corrected chi connectivity index (χ4v) is 4.26. The Hall–Kier alpha value is -2.69. The highest BCUT2D eigenvalue weighted by Gasteiger charge is 2.25. The molecule has 0 aliphatic heterocycles. The summed E-state index contributed by atoms with van der Waals surface area (Å²) < 4.78 is 7.57. The number of aromatic amines is 1. The fraction of sp³-hybridized carbons (Fsp3) is 0.435. The van der Waals surface area contributed by atoms with Crippen molar-refractivity contribution in [3.63, 3.8) is 0 Å². The summed E-state index contributed by atoms with van der Waals surface area (Å²) in [6.07, 6.45) is 11.0. The molecule has 0 saturated heterocycles. The standard InChI is InChI=1S/C23H29N3O2/c1-28-17-11-12-20-19(16-17)18-8-7-9-21(23(18)25-20)24-22(27)10-3-2-4-13-26-14-5-6-15-26/h5-6,11-12,14-16,21,25H,2-4,7-10,13H2,1H3,(H,24,27)/t21-/m0/s1. The second-order valence-electron chi connectivity index (χ2n) is 7.67. The molecule has 1 amide bonds. The third-order valence-electron chi connectivity index (χ3n) is 5.74. The zero-order valence-corrected chi connectivity index (χ0v) is 16.5. The first-order valence-electron chi connectivity index (χ1n) is 10.3. The number of amides is 1. The predicted molar refractivity (Wildman–Crippen MR) is 112 cm³/mol. The molecule has 2 aromatic heterocycles. The molecule has 0 fully saturated rings. The van der Waals surface area contributed by atoms with Crippen LogP contribution >= 0.6 is 0 Å². The van der Waals surface area contributed by atoms with Crippen LogP contribution in [0.15, 0.2) is 42.7 Å². The van der Waals surface area contributed by atoms with Crippen LogP contribution in [0.3, 0.4) is 0 Å². The summed E-state index contributed by atoms with van der Waals surface area (Å²) in [7, 11) is 1.70. The molecule has 1 aromatic carbocycles. The zero-order valence-electron chi connectivity index (χ0n) is 16.5. The number of rotatable bonds is 8. The molecule has 2 heterocycles. The number of fused-ring (bicyclic) bond motifs is 3. The number of carbonyl (C=O) groups is 1. The smallest absolute Gasteiger partial charge is 0.220 e. The van der Waals surface area contributed by atoms with E-state index in [9.17, 15) is 4.79 Å². The van der Waals surface area contributed by atoms with Gasteiger partial charge in [-0.25, -0.2) is 0 Å². The van der Waals surface area contributed by atoms with E-state index in [4.69, 9.17) is 4.74 Å². The number of ether oxygens (including phenoxy) is 1. The molecule has 1 atom stereocenters. The summed E-state index contributed by atoms with van der Waals surface area (Å²) in [6, 6.07) is 10.3. The van der Waals surface area contributed by atoms with E-state index in [1.165, 1.54) is 16.6 Å². The minimum absolute atomic E-state index is 0.0921. The van der Waals surface area contributed by atoms with Crippen molar-refractivity contribution in [1.82, 2.24) is 14.9 Å². The largest absolute Gasteiger partial charge is 0.497 e. The topological polar surface area (TPSA) is 59.0 Å². The fourth-order valence-electron chi connectivity index (χ4n) is 4.26. The third-order valence-corrected chi connectivity index (χ3v) is 5.74. The van der Waals surface area contributed by atoms with Crippen LogP contribution in [-0.2, 0) is 17.8 Å². The Kier molecular flexibility index (Phi) is 5.70. The van der Waals surface area contributed by atoms with Gasteiger partial charge in [0.2, 0.25) is 5.91 Å². The van der Waals surface area contributed by atoms with Gasteiger partial charge in [-0.1, -0.05) is 6.42 Å². The summed E-state index contributed by atoms with van der Waals surface area (Å²) >= 11 is 0. The number of carbonyl (C=O) groups excluding carboxylic acids is 1. The van der Waals surface area contributed by atoms with Crippen LogP contribution in [0.4, 0.5) is 0 Å². The van der Waals surface area contributed by atoms with Crippen molar-refractivity contribution in [3.05, 3.63) is 54.0 Å². The molecule has 0 saturated carbocycles. The molecular weight excluding hydrogens is 350 g/mol. The van der Waals surface area contributed by atoms with Crippen molar-refractivity contribution in [2.24, 2.45) is 0 Å². The molecule has 0 unspecified atom stereocenters. The Morgan fingerprint density at radius 3 is 2.93 bits per heavy atom. The Balaban J connectivity index is 1.32. The number of nitrogens with one attached hydrogen (secondary N) is 2. The van der Waals surface area contributed by atoms with Crippen LogP contribution in [0.25, 0.3) is 10.9 Å². The molecule has 5 nitrogen and oxygen atoms in total. The molecule has 2 N–H and O–H groups in total. The summed E-state index contributed by atoms with van der Waals surface area (Å²) in [5.41, 5.74) is 3.63. The minimum Gasteiger partial charge on any atom is -0.497 e. The third kappa shape index (κ3) is 4.08. The van der Waals surface area contributed by atoms with E-state index in [0.717, 1.165) is 56.3 Å². The van der Waals surface area contributed by atoms with Crippen molar-refractivity contribution in [2.75, 3.05) is 7.11 Å². The van der Waals surface area contributed by atoms with Gasteiger partial charge in [0.15, 0.2) is 0 Å². The number of nitrogens with zero attached hydrogens (tertiary/aromatic N) is 1. The molecule has 0 bridgehead atoms. The number of hydrogen-bond acceptors (Lipinski definition) is 2. The van der Waals surface area contributed by atoms with Crippen LogP contribution in [-0.4, -0.2) is 22.6 Å². The highest BCUT2D eigenvalue weighted by atomic mass is 16.5. The maximum absolute atomic E-state index is 12.5. The van der Waals surface area contributed by atoms with Crippen molar-refractivity contribution in [3.8, 4) is 5.75 Å². The van der Waals surface area contributed by atoms with Crippen LogP contribution in [0, 0.1) is 0 Å². The Labute approximate surface area is 166 Å². The van der Waals surface area contributed by atoms with E-state index in [1.54, 1.807) is 7.11 Å². The molecular formula is C23H29N3O2. The van der Waals surface area contributed by atoms with Gasteiger partial charge < -0.3 is 19.6 Å². The molecule has 0 spiro atoms. The molecule has 4 rings (SSSR count). The second-order valence-corrected chi connectivity index (χ2v) is 7.67. The SMILES string of the molecule is COc1ccc2[nH]c3c(c2c1)CCC[C@@H]3NC(=O)CCCCCn1cccc1. The molecule has 28 heavy (non-hydrogen) atoms. The van der Waals surface area contributed by atoms with Gasteiger partial charge in [-0.3, -0.25) is 4.79 Å². The zero-order chi connectivity index (χ0) is 19.3. The lowest BCUT2D eigenvalue weighted by Crippen LogP contribution is -2.30. The summed E-state index contributed by atoms with van der Waals surface area (Å²) in [5.74, 6) is 1.04. The average Bonchev–Trinajstić information content (AvgIpc) is 3.35. The molecule has 1 aliphatic rings. The first-order chi connectivity index (χ1) is 13.7. The number of H-pyrrole nitrogens is 1. The second kappa shape index (κ2) is 8.55. The predicted octanol–water partition coefficient (Wildman–Crippen LogP) is 4.73. The molecule has 0 radical (unpaired) electrons. The normalized spacial score (nSPS) is 16.1. The number of benzene rings is 1. The highest BCUT2D eigenvalue weighted by molar-refractivity contribution is 5.87. The number of unbranched alkanes of at least 4 members (excludes halogenated alkanes) is 2. The summed E-state index contributed by atoms with van der Waals surface area (Å²) in [6.45, 7) is 1.03. The lowest BCUT2D eigenvalue weighted by atomic mass is 9.91. The minimum atomic E-state index is 0.0921. The summed E-state index contributed by atoms with van der Waals surface area (Å²) in [4.78, 5) is 16.0. The number of aryl methyl sites for hydroxylation is 2. The van der Waals surface area contributed by atoms with Gasteiger partial charge in [-0.2, -0.15) is 0 Å². The van der Waals surface area contributed by atoms with Gasteiger partial charge >= 0.3 is 0 Å². The van der Waals surface area contributed by atoms with Gasteiger partial charge in [0, 0.05) is 42.0 Å². The lowest BCUT2D eigenvalue weighted by Gasteiger charge is -2.24. The van der Waals surface area contributed by atoms with Crippen molar-refractivity contribution >= 4 is 16.8 Å². The van der Waals surface area contributed by atoms with Crippen molar-refractivity contribution < 1.29 is 9.53 Å². The highest BCUT2D eigenvalue weighted by Crippen LogP contribution is 2.36. The summed E-state index contributed by atoms with van der Waals surface area (Å²) in [5, 5.41) is 4.48. The monoisotopic (exact) mass is 379 g/mol. The quantitative estimate of drug-likeness (QED) is 0.556. The van der Waals surface area contributed by atoms with Crippen molar-refractivity contribution in [2.45, 2.75) is 57.5 Å². The van der Waals surface area contributed by atoms with Crippen molar-refractivity contribution in [1.29, 1.82) is 0 Å². The van der Waals surface area contributed by atoms with Crippen LogP contribution in [0.5, 0.6) is 5.75 Å². The Bertz CT molecular complexity index is 927. The lowest BCUT2D eigenvalue weighted by molar-refractivity contribution is -0.122. The van der Waals surface area contributed by atoms with E-state index in [0.29, 0.717) is 6.42 Å². The maximum atomic E-state index is 12.5. The molecule has 148 valence electrons.